The number of carbonyl (C=O) groups excluding carboxylic acids is 2. The van der Waals surface area contributed by atoms with Gasteiger partial charge in [-0.15, -0.1) is 0 Å². The van der Waals surface area contributed by atoms with E-state index in [4.69, 9.17) is 23.2 Å². The van der Waals surface area contributed by atoms with Gasteiger partial charge in [-0.05, 0) is 68.1 Å². The van der Waals surface area contributed by atoms with E-state index in [9.17, 15) is 18.0 Å². The van der Waals surface area contributed by atoms with Gasteiger partial charge >= 0.3 is 0 Å². The van der Waals surface area contributed by atoms with Crippen LogP contribution in [0.4, 0.5) is 5.69 Å². The highest BCUT2D eigenvalue weighted by molar-refractivity contribution is 7.92. The number of amides is 2. The summed E-state index contributed by atoms with van der Waals surface area (Å²) in [5.41, 5.74) is 2.88. The topological polar surface area (TPSA) is 86.8 Å². The first kappa shape index (κ1) is 28.0. The minimum Gasteiger partial charge on any atom is -0.355 e. The van der Waals surface area contributed by atoms with Crippen LogP contribution >= 0.6 is 23.2 Å². The number of nitrogens with one attached hydrogen (secondary N) is 1. The van der Waals surface area contributed by atoms with E-state index in [0.29, 0.717) is 34.3 Å². The number of hydrogen-bond donors (Lipinski definition) is 1. The van der Waals surface area contributed by atoms with E-state index in [0.717, 1.165) is 21.7 Å². The Morgan fingerprint density at radius 3 is 2.24 bits per heavy atom. The molecule has 2 aromatic carbocycles. The van der Waals surface area contributed by atoms with E-state index in [2.05, 4.69) is 5.32 Å². The summed E-state index contributed by atoms with van der Waals surface area (Å²) >= 11 is 12.3. The Morgan fingerprint density at radius 2 is 1.71 bits per heavy atom. The molecule has 10 heteroatoms. The summed E-state index contributed by atoms with van der Waals surface area (Å²) in [5, 5.41) is 3.55. The summed E-state index contributed by atoms with van der Waals surface area (Å²) < 4.78 is 26.4. The first-order valence-electron chi connectivity index (χ1n) is 10.9. The molecule has 0 aliphatic rings. The highest BCUT2D eigenvalue weighted by Crippen LogP contribution is 2.25. The van der Waals surface area contributed by atoms with Crippen LogP contribution in [0.25, 0.3) is 0 Å². The average Bonchev–Trinajstić information content (AvgIpc) is 2.74. The maximum absolute atomic E-state index is 13.6. The van der Waals surface area contributed by atoms with Crippen LogP contribution in [-0.4, -0.2) is 50.5 Å². The quantitative estimate of drug-likeness (QED) is 0.498. The van der Waals surface area contributed by atoms with E-state index in [1.807, 2.05) is 19.9 Å². The number of anilines is 1. The Bertz CT molecular complexity index is 1150. The zero-order valence-electron chi connectivity index (χ0n) is 20.1. The van der Waals surface area contributed by atoms with Gasteiger partial charge in [-0.25, -0.2) is 8.42 Å². The number of rotatable bonds is 10. The van der Waals surface area contributed by atoms with Gasteiger partial charge in [0.25, 0.3) is 0 Å². The number of nitrogens with zero attached hydrogens (tertiary/aromatic N) is 2. The molecule has 0 aromatic heterocycles. The van der Waals surface area contributed by atoms with E-state index < -0.39 is 28.5 Å². The molecule has 0 saturated carbocycles. The molecule has 0 heterocycles. The van der Waals surface area contributed by atoms with Crippen molar-refractivity contribution in [3.8, 4) is 0 Å². The summed E-state index contributed by atoms with van der Waals surface area (Å²) in [5.74, 6) is -0.840. The van der Waals surface area contributed by atoms with Crippen molar-refractivity contribution in [3.05, 3.63) is 63.1 Å². The predicted octanol–water partition coefficient (Wildman–Crippen LogP) is 4.32. The first-order chi connectivity index (χ1) is 15.9. The number of likely N-dealkylation sites (N-methyl/N-ethyl adjacent to an activating group) is 1. The maximum Gasteiger partial charge on any atom is 0.244 e. The van der Waals surface area contributed by atoms with E-state index in [1.165, 1.54) is 4.90 Å². The van der Waals surface area contributed by atoms with Crippen LogP contribution in [0.1, 0.15) is 37.0 Å². The molecule has 0 bridgehead atoms. The monoisotopic (exact) mass is 527 g/mol. The molecule has 2 amide bonds. The van der Waals surface area contributed by atoms with Gasteiger partial charge in [0.2, 0.25) is 21.8 Å². The maximum atomic E-state index is 13.6. The number of aryl methyl sites for hydroxylation is 2. The van der Waals surface area contributed by atoms with Crippen LogP contribution in [0.2, 0.25) is 10.0 Å². The van der Waals surface area contributed by atoms with Crippen molar-refractivity contribution >= 4 is 50.7 Å². The van der Waals surface area contributed by atoms with E-state index in [-0.39, 0.29) is 12.5 Å². The normalized spacial score (nSPS) is 12.2. The second-order valence-corrected chi connectivity index (χ2v) is 10.9. The molecule has 186 valence electrons. The molecule has 7 nitrogen and oxygen atoms in total. The van der Waals surface area contributed by atoms with Gasteiger partial charge in [0.1, 0.15) is 12.6 Å². The molecule has 1 atom stereocenters. The lowest BCUT2D eigenvalue weighted by molar-refractivity contribution is -0.140. The van der Waals surface area contributed by atoms with Crippen molar-refractivity contribution in [1.29, 1.82) is 0 Å². The third kappa shape index (κ3) is 7.10. The summed E-state index contributed by atoms with van der Waals surface area (Å²) in [7, 11) is -3.78. The number of sulfonamides is 1. The molecule has 0 aliphatic carbocycles. The number of carbonyl (C=O) groups is 2. The molecule has 1 N–H and O–H groups in total. The Balaban J connectivity index is 2.48. The summed E-state index contributed by atoms with van der Waals surface area (Å²) in [6, 6.07) is 9.29. The Morgan fingerprint density at radius 1 is 1.03 bits per heavy atom. The van der Waals surface area contributed by atoms with Gasteiger partial charge in [-0.3, -0.25) is 13.9 Å². The van der Waals surface area contributed by atoms with Crippen molar-refractivity contribution in [1.82, 2.24) is 10.2 Å². The SMILES string of the molecule is CCNC(=O)[C@@H](CC)N(Cc1ccc(Cl)cc1Cl)C(=O)CN(c1ccc(C)c(C)c1)S(C)(=O)=O. The lowest BCUT2D eigenvalue weighted by Gasteiger charge is -2.33. The van der Waals surface area contributed by atoms with Crippen LogP contribution in [0, 0.1) is 13.8 Å². The number of hydrogen-bond acceptors (Lipinski definition) is 4. The minimum absolute atomic E-state index is 0.0228. The fraction of sp³-hybridized carbons (Fsp3) is 0.417. The van der Waals surface area contributed by atoms with Crippen LogP contribution in [0.15, 0.2) is 36.4 Å². The van der Waals surface area contributed by atoms with Gasteiger partial charge in [-0.1, -0.05) is 42.3 Å². The Labute approximate surface area is 212 Å². The standard InChI is InChI=1S/C24H31Cl2N3O4S/c1-6-22(24(31)27-7-2)28(14-18-9-10-19(25)13-21(18)26)23(30)15-29(34(5,32)33)20-11-8-16(3)17(4)12-20/h8-13,22H,6-7,14-15H2,1-5H3,(H,27,31)/t22-/m1/s1. The fourth-order valence-corrected chi connectivity index (χ4v) is 4.85. The molecule has 0 saturated heterocycles. The highest BCUT2D eigenvalue weighted by atomic mass is 35.5. The molecule has 0 fully saturated rings. The van der Waals surface area contributed by atoms with Gasteiger partial charge < -0.3 is 10.2 Å². The lowest BCUT2D eigenvalue weighted by Crippen LogP contribution is -2.52. The Hall–Kier alpha value is -2.29. The third-order valence-corrected chi connectivity index (χ3v) is 7.28. The number of halogens is 2. The van der Waals surface area contributed by atoms with Gasteiger partial charge in [-0.2, -0.15) is 0 Å². The number of benzene rings is 2. The average molecular weight is 529 g/mol. The zero-order chi connectivity index (χ0) is 25.6. The molecule has 0 aliphatic heterocycles. The van der Waals surface area contributed by atoms with Crippen molar-refractivity contribution in [2.24, 2.45) is 0 Å². The van der Waals surface area contributed by atoms with Gasteiger partial charge in [0, 0.05) is 23.1 Å². The van der Waals surface area contributed by atoms with Gasteiger partial charge in [0.05, 0.1) is 11.9 Å². The second-order valence-electron chi connectivity index (χ2n) is 8.11. The molecule has 34 heavy (non-hydrogen) atoms. The smallest absolute Gasteiger partial charge is 0.244 e. The molecule has 0 spiro atoms. The van der Waals surface area contributed by atoms with Gasteiger partial charge in [0.15, 0.2) is 0 Å². The third-order valence-electron chi connectivity index (χ3n) is 5.55. The first-order valence-corrected chi connectivity index (χ1v) is 13.6. The summed E-state index contributed by atoms with van der Waals surface area (Å²) in [6.07, 6.45) is 1.39. The van der Waals surface area contributed by atoms with Crippen molar-refractivity contribution in [2.75, 3.05) is 23.7 Å². The van der Waals surface area contributed by atoms with Crippen molar-refractivity contribution < 1.29 is 18.0 Å². The summed E-state index contributed by atoms with van der Waals surface area (Å²) in [6.45, 7) is 7.34. The van der Waals surface area contributed by atoms with Crippen molar-refractivity contribution in [2.45, 2.75) is 46.7 Å². The van der Waals surface area contributed by atoms with Crippen molar-refractivity contribution in [3.63, 3.8) is 0 Å². The molecule has 0 unspecified atom stereocenters. The molecular formula is C24H31Cl2N3O4S. The lowest BCUT2D eigenvalue weighted by atomic mass is 10.1. The second kappa shape index (κ2) is 11.9. The Kier molecular flexibility index (Phi) is 9.79. The summed E-state index contributed by atoms with van der Waals surface area (Å²) in [4.78, 5) is 27.8. The fourth-order valence-electron chi connectivity index (χ4n) is 3.54. The van der Waals surface area contributed by atoms with E-state index in [1.54, 1.807) is 44.2 Å². The highest BCUT2D eigenvalue weighted by Gasteiger charge is 2.32. The van der Waals surface area contributed by atoms with Crippen LogP contribution in [0.3, 0.4) is 0 Å². The molecule has 2 rings (SSSR count). The van der Waals surface area contributed by atoms with E-state index >= 15 is 0 Å². The predicted molar refractivity (Wildman–Crippen MR) is 138 cm³/mol. The van der Waals surface area contributed by atoms with Crippen LogP contribution in [0.5, 0.6) is 0 Å². The minimum atomic E-state index is -3.78. The van der Waals surface area contributed by atoms with Crippen LogP contribution in [-0.2, 0) is 26.2 Å². The molecule has 0 radical (unpaired) electrons. The zero-order valence-corrected chi connectivity index (χ0v) is 22.4. The molecular weight excluding hydrogens is 497 g/mol. The molecule has 2 aromatic rings. The van der Waals surface area contributed by atoms with Crippen LogP contribution < -0.4 is 9.62 Å². The largest absolute Gasteiger partial charge is 0.355 e.